The van der Waals surface area contributed by atoms with Crippen molar-refractivity contribution in [2.75, 3.05) is 12.3 Å². The predicted octanol–water partition coefficient (Wildman–Crippen LogP) is 2.34. The van der Waals surface area contributed by atoms with E-state index in [0.717, 1.165) is 0 Å². The summed E-state index contributed by atoms with van der Waals surface area (Å²) in [6.07, 6.45) is 4.13. The molecule has 1 unspecified atom stereocenters. The Hall–Kier alpha value is -1.71. The Balaban J connectivity index is 1.67. The summed E-state index contributed by atoms with van der Waals surface area (Å²) in [7, 11) is 0. The smallest absolute Gasteiger partial charge is 0.223 e. The Bertz CT molecular complexity index is 430. The van der Waals surface area contributed by atoms with E-state index in [-0.39, 0.29) is 11.9 Å². The molecule has 19 heavy (non-hydrogen) atoms. The van der Waals surface area contributed by atoms with Crippen LogP contribution in [0.1, 0.15) is 32.6 Å². The molecule has 1 atom stereocenters. The van der Waals surface area contributed by atoms with Gasteiger partial charge in [0.15, 0.2) is 0 Å². The number of nitrogens with two attached hydrogens (primary N) is 1. The number of ether oxygens (including phenoxy) is 1. The van der Waals surface area contributed by atoms with Crippen LogP contribution in [0.5, 0.6) is 5.75 Å². The second kappa shape index (κ2) is 6.45. The minimum Gasteiger partial charge on any atom is -0.491 e. The lowest BCUT2D eigenvalue weighted by atomic mass is 9.80. The summed E-state index contributed by atoms with van der Waals surface area (Å²) in [4.78, 5) is 11.8. The van der Waals surface area contributed by atoms with E-state index in [4.69, 9.17) is 10.5 Å². The van der Waals surface area contributed by atoms with Gasteiger partial charge in [-0.1, -0.05) is 18.6 Å². The summed E-state index contributed by atoms with van der Waals surface area (Å²) in [6.45, 7) is 2.44. The third kappa shape index (κ3) is 3.88. The Kier molecular flexibility index (Phi) is 4.66. The van der Waals surface area contributed by atoms with Crippen LogP contribution in [0.4, 0.5) is 5.69 Å². The van der Waals surface area contributed by atoms with Gasteiger partial charge < -0.3 is 15.8 Å². The van der Waals surface area contributed by atoms with Gasteiger partial charge in [-0.25, -0.2) is 0 Å². The minimum absolute atomic E-state index is 0.0499. The van der Waals surface area contributed by atoms with Crippen LogP contribution >= 0.6 is 0 Å². The van der Waals surface area contributed by atoms with Gasteiger partial charge in [0.25, 0.3) is 0 Å². The molecular weight excluding hydrogens is 240 g/mol. The van der Waals surface area contributed by atoms with E-state index in [9.17, 15) is 4.79 Å². The first-order valence-electron chi connectivity index (χ1n) is 6.93. The zero-order valence-electron chi connectivity index (χ0n) is 11.4. The summed E-state index contributed by atoms with van der Waals surface area (Å²) in [6, 6.07) is 7.60. The highest BCUT2D eigenvalue weighted by molar-refractivity contribution is 5.76. The molecule has 0 bridgehead atoms. The lowest BCUT2D eigenvalue weighted by molar-refractivity contribution is -0.122. The number of nitrogens with one attached hydrogen (secondary N) is 1. The topological polar surface area (TPSA) is 64.3 Å². The Morgan fingerprint density at radius 1 is 1.47 bits per heavy atom. The summed E-state index contributed by atoms with van der Waals surface area (Å²) < 4.78 is 5.50. The van der Waals surface area contributed by atoms with Crippen molar-refractivity contribution in [1.82, 2.24) is 5.32 Å². The van der Waals surface area contributed by atoms with Crippen molar-refractivity contribution in [1.29, 1.82) is 0 Å². The van der Waals surface area contributed by atoms with E-state index in [1.807, 2.05) is 18.2 Å². The second-order valence-corrected chi connectivity index (χ2v) is 5.18. The first kappa shape index (κ1) is 13.7. The summed E-state index contributed by atoms with van der Waals surface area (Å²) >= 11 is 0. The number of para-hydroxylation sites is 2. The van der Waals surface area contributed by atoms with Crippen LogP contribution in [0.2, 0.25) is 0 Å². The Morgan fingerprint density at radius 2 is 2.21 bits per heavy atom. The molecule has 0 radical (unpaired) electrons. The number of nitrogen functional groups attached to an aromatic ring is 1. The molecule has 1 aromatic carbocycles. The van der Waals surface area contributed by atoms with Gasteiger partial charge in [0, 0.05) is 6.04 Å². The highest BCUT2D eigenvalue weighted by Gasteiger charge is 2.24. The molecule has 104 valence electrons. The molecule has 4 nitrogen and oxygen atoms in total. The van der Waals surface area contributed by atoms with Gasteiger partial charge in [-0.15, -0.1) is 0 Å². The maximum Gasteiger partial charge on any atom is 0.223 e. The molecule has 2 rings (SSSR count). The summed E-state index contributed by atoms with van der Waals surface area (Å²) in [5, 5.41) is 3.03. The lowest BCUT2D eigenvalue weighted by Crippen LogP contribution is -2.41. The van der Waals surface area contributed by atoms with Crippen molar-refractivity contribution >= 4 is 11.6 Å². The van der Waals surface area contributed by atoms with Crippen molar-refractivity contribution in [2.24, 2.45) is 5.92 Å². The molecule has 4 heteroatoms. The average Bonchev–Trinajstić information content (AvgIpc) is 2.29. The molecule has 1 aliphatic rings. The molecule has 1 aliphatic carbocycles. The van der Waals surface area contributed by atoms with Crippen molar-refractivity contribution in [3.05, 3.63) is 24.3 Å². The monoisotopic (exact) mass is 262 g/mol. The standard InChI is InChI=1S/C15H22N2O2/c1-11(12-5-4-6-12)17-15(18)9-10-19-14-8-3-2-7-13(14)16/h2-3,7-8,11-12H,4-6,9-10,16H2,1H3,(H,17,18). The number of hydrogen-bond acceptors (Lipinski definition) is 3. The van der Waals surface area contributed by atoms with E-state index in [1.54, 1.807) is 6.07 Å². The van der Waals surface area contributed by atoms with E-state index >= 15 is 0 Å². The van der Waals surface area contributed by atoms with Crippen LogP contribution in [0.3, 0.4) is 0 Å². The number of hydrogen-bond donors (Lipinski definition) is 2. The summed E-state index contributed by atoms with van der Waals surface area (Å²) in [5.41, 5.74) is 6.36. The molecule has 0 aromatic heterocycles. The molecule has 3 N–H and O–H groups in total. The van der Waals surface area contributed by atoms with Crippen LogP contribution in [0.25, 0.3) is 0 Å². The number of benzene rings is 1. The molecule has 0 spiro atoms. The van der Waals surface area contributed by atoms with Crippen LogP contribution in [-0.4, -0.2) is 18.6 Å². The van der Waals surface area contributed by atoms with Crippen molar-refractivity contribution < 1.29 is 9.53 Å². The van der Waals surface area contributed by atoms with Gasteiger partial charge >= 0.3 is 0 Å². The number of carbonyl (C=O) groups is 1. The minimum atomic E-state index is 0.0499. The van der Waals surface area contributed by atoms with Crippen molar-refractivity contribution in [3.63, 3.8) is 0 Å². The van der Waals surface area contributed by atoms with Gasteiger partial charge in [-0.2, -0.15) is 0 Å². The van der Waals surface area contributed by atoms with Crippen LogP contribution in [0, 0.1) is 5.92 Å². The maximum atomic E-state index is 11.8. The van der Waals surface area contributed by atoms with Crippen molar-refractivity contribution in [2.45, 2.75) is 38.6 Å². The molecule has 0 saturated heterocycles. The first-order valence-corrected chi connectivity index (χ1v) is 6.93. The molecule has 1 saturated carbocycles. The maximum absolute atomic E-state index is 11.8. The third-order valence-corrected chi connectivity index (χ3v) is 3.75. The van der Waals surface area contributed by atoms with E-state index in [1.165, 1.54) is 19.3 Å². The van der Waals surface area contributed by atoms with Crippen LogP contribution in [-0.2, 0) is 4.79 Å². The predicted molar refractivity (Wildman–Crippen MR) is 75.9 cm³/mol. The Morgan fingerprint density at radius 3 is 2.84 bits per heavy atom. The molecular formula is C15H22N2O2. The van der Waals surface area contributed by atoms with Crippen molar-refractivity contribution in [3.8, 4) is 5.75 Å². The fourth-order valence-electron chi connectivity index (χ4n) is 2.25. The largest absolute Gasteiger partial charge is 0.491 e. The SMILES string of the molecule is CC(NC(=O)CCOc1ccccc1N)C1CCC1. The van der Waals surface area contributed by atoms with Gasteiger partial charge in [0.2, 0.25) is 5.91 Å². The number of amides is 1. The number of rotatable bonds is 6. The molecule has 0 aliphatic heterocycles. The van der Waals surface area contributed by atoms with Gasteiger partial charge in [0.1, 0.15) is 5.75 Å². The third-order valence-electron chi connectivity index (χ3n) is 3.75. The normalized spacial score (nSPS) is 16.5. The lowest BCUT2D eigenvalue weighted by Gasteiger charge is -2.31. The van der Waals surface area contributed by atoms with Gasteiger partial charge in [-0.05, 0) is 37.8 Å². The highest BCUT2D eigenvalue weighted by Crippen LogP contribution is 2.29. The fourth-order valence-corrected chi connectivity index (χ4v) is 2.25. The van der Waals surface area contributed by atoms with Crippen LogP contribution in [0.15, 0.2) is 24.3 Å². The Labute approximate surface area is 114 Å². The number of anilines is 1. The first-order chi connectivity index (χ1) is 9.16. The average molecular weight is 262 g/mol. The molecule has 1 amide bonds. The number of carbonyl (C=O) groups excluding carboxylic acids is 1. The van der Waals surface area contributed by atoms with Gasteiger partial charge in [-0.3, -0.25) is 4.79 Å². The summed E-state index contributed by atoms with van der Waals surface area (Å²) in [5.74, 6) is 1.35. The molecule has 1 fully saturated rings. The fraction of sp³-hybridized carbons (Fsp3) is 0.533. The molecule has 1 aromatic rings. The van der Waals surface area contributed by atoms with E-state index in [0.29, 0.717) is 30.4 Å². The highest BCUT2D eigenvalue weighted by atomic mass is 16.5. The zero-order chi connectivity index (χ0) is 13.7. The second-order valence-electron chi connectivity index (χ2n) is 5.18. The van der Waals surface area contributed by atoms with E-state index < -0.39 is 0 Å². The molecule has 0 heterocycles. The van der Waals surface area contributed by atoms with Crippen LogP contribution < -0.4 is 15.8 Å². The van der Waals surface area contributed by atoms with E-state index in [2.05, 4.69) is 12.2 Å². The zero-order valence-corrected chi connectivity index (χ0v) is 11.4. The quantitative estimate of drug-likeness (QED) is 0.773. The van der Waals surface area contributed by atoms with Gasteiger partial charge in [0.05, 0.1) is 18.7 Å².